The van der Waals surface area contributed by atoms with E-state index >= 15 is 0 Å². The monoisotopic (exact) mass is 454 g/mol. The molecular formula is C27H23ClN4O. The molecule has 1 atom stereocenters. The van der Waals surface area contributed by atoms with Crippen molar-refractivity contribution in [2.45, 2.75) is 19.4 Å². The summed E-state index contributed by atoms with van der Waals surface area (Å²) >= 11 is 6.12. The number of hydrogen-bond acceptors (Lipinski definition) is 3. The highest BCUT2D eigenvalue weighted by molar-refractivity contribution is 6.30. The predicted molar refractivity (Wildman–Crippen MR) is 134 cm³/mol. The van der Waals surface area contributed by atoms with Crippen LogP contribution in [-0.4, -0.2) is 15.7 Å². The van der Waals surface area contributed by atoms with Crippen molar-refractivity contribution >= 4 is 34.7 Å². The number of hydrogen-bond donors (Lipinski definition) is 2. The van der Waals surface area contributed by atoms with Crippen LogP contribution < -0.4 is 10.6 Å². The van der Waals surface area contributed by atoms with Crippen LogP contribution in [-0.2, 0) is 6.42 Å². The Balaban J connectivity index is 1.55. The first-order valence-corrected chi connectivity index (χ1v) is 11.3. The largest absolute Gasteiger partial charge is 0.339 e. The number of nitrogens with one attached hydrogen (secondary N) is 2. The number of halogens is 1. The Bertz CT molecular complexity index is 1310. The summed E-state index contributed by atoms with van der Waals surface area (Å²) in [4.78, 5) is 13.1. The fourth-order valence-electron chi connectivity index (χ4n) is 3.97. The zero-order valence-corrected chi connectivity index (χ0v) is 18.9. The van der Waals surface area contributed by atoms with Gasteiger partial charge in [0.15, 0.2) is 0 Å². The summed E-state index contributed by atoms with van der Waals surface area (Å²) in [5, 5.41) is 11.7. The van der Waals surface area contributed by atoms with E-state index in [1.807, 2.05) is 59.3 Å². The Hall–Kier alpha value is -3.83. The first-order chi connectivity index (χ1) is 16.1. The first-order valence-electron chi connectivity index (χ1n) is 10.9. The molecule has 0 aliphatic carbocycles. The minimum Gasteiger partial charge on any atom is -0.339 e. The quantitative estimate of drug-likeness (QED) is 0.366. The lowest BCUT2D eigenvalue weighted by Gasteiger charge is -2.26. The number of carbonyl (C=O) groups excluding carboxylic acids is 1. The zero-order valence-electron chi connectivity index (χ0n) is 18.1. The molecule has 5 rings (SSSR count). The smallest absolute Gasteiger partial charge is 0.261 e. The van der Waals surface area contributed by atoms with Gasteiger partial charge < -0.3 is 10.6 Å². The average Bonchev–Trinajstić information content (AvgIpc) is 3.29. The van der Waals surface area contributed by atoms with E-state index in [2.05, 4.69) is 53.0 Å². The van der Waals surface area contributed by atoms with Gasteiger partial charge in [0, 0.05) is 16.4 Å². The molecule has 2 heterocycles. The molecule has 1 aliphatic heterocycles. The van der Waals surface area contributed by atoms with E-state index in [1.165, 1.54) is 5.56 Å². The molecular weight excluding hydrogens is 432 g/mol. The van der Waals surface area contributed by atoms with E-state index in [9.17, 15) is 4.79 Å². The molecule has 2 N–H and O–H groups in total. The Morgan fingerprint density at radius 3 is 2.45 bits per heavy atom. The van der Waals surface area contributed by atoms with E-state index < -0.39 is 0 Å². The molecule has 5 nitrogen and oxygen atoms in total. The molecule has 0 spiro atoms. The number of benzene rings is 3. The van der Waals surface area contributed by atoms with Crippen LogP contribution in [0.3, 0.4) is 0 Å². The number of fused-ring (bicyclic) bond motifs is 1. The van der Waals surface area contributed by atoms with Gasteiger partial charge in [-0.1, -0.05) is 73.1 Å². The summed E-state index contributed by atoms with van der Waals surface area (Å²) in [5.74, 6) is 0.438. The number of aryl methyl sites for hydroxylation is 1. The highest BCUT2D eigenvalue weighted by Gasteiger charge is 2.28. The third-order valence-electron chi connectivity index (χ3n) is 5.80. The van der Waals surface area contributed by atoms with Gasteiger partial charge in [0.25, 0.3) is 5.91 Å². The number of para-hydroxylation sites is 1. The van der Waals surface area contributed by atoms with Gasteiger partial charge in [-0.3, -0.25) is 4.79 Å². The lowest BCUT2D eigenvalue weighted by molar-refractivity contribution is 0.102. The number of nitrogens with zero attached hydrogens (tertiary/aromatic N) is 2. The third-order valence-corrected chi connectivity index (χ3v) is 6.05. The first kappa shape index (κ1) is 21.0. The maximum Gasteiger partial charge on any atom is 0.261 e. The van der Waals surface area contributed by atoms with Gasteiger partial charge in [-0.2, -0.15) is 5.10 Å². The van der Waals surface area contributed by atoms with Crippen LogP contribution in [0.1, 0.15) is 40.0 Å². The highest BCUT2D eigenvalue weighted by atomic mass is 35.5. The number of anilines is 2. The van der Waals surface area contributed by atoms with Crippen LogP contribution in [0.5, 0.6) is 0 Å². The van der Waals surface area contributed by atoms with Crippen molar-refractivity contribution in [3.8, 4) is 0 Å². The molecule has 0 radical (unpaired) electrons. The average molecular weight is 455 g/mol. The highest BCUT2D eigenvalue weighted by Crippen LogP contribution is 2.36. The lowest BCUT2D eigenvalue weighted by Crippen LogP contribution is -2.22. The van der Waals surface area contributed by atoms with E-state index in [0.29, 0.717) is 16.4 Å². The summed E-state index contributed by atoms with van der Waals surface area (Å²) in [6.45, 7) is 2.14. The van der Waals surface area contributed by atoms with Crippen LogP contribution >= 0.6 is 11.6 Å². The summed E-state index contributed by atoms with van der Waals surface area (Å²) in [6.07, 6.45) is 4.72. The van der Waals surface area contributed by atoms with Crippen molar-refractivity contribution in [2.75, 3.05) is 10.6 Å². The number of allylic oxidation sites excluding steroid dienone is 1. The fourth-order valence-corrected chi connectivity index (χ4v) is 4.09. The van der Waals surface area contributed by atoms with Gasteiger partial charge in [-0.05, 0) is 53.5 Å². The third kappa shape index (κ3) is 4.28. The minimum atomic E-state index is -0.215. The van der Waals surface area contributed by atoms with Crippen molar-refractivity contribution in [1.82, 2.24) is 9.78 Å². The van der Waals surface area contributed by atoms with Crippen LogP contribution in [0.4, 0.5) is 11.5 Å². The molecule has 1 aliphatic rings. The van der Waals surface area contributed by atoms with Crippen molar-refractivity contribution in [3.05, 3.63) is 118 Å². The SMILES string of the molecule is CCc1ccc(C2=CC(c3ccc(Cl)cc3)n3ncc(C(=O)Nc4ccccc4)c3N2)cc1. The molecule has 1 aromatic heterocycles. The predicted octanol–water partition coefficient (Wildman–Crippen LogP) is 6.41. The van der Waals surface area contributed by atoms with E-state index in [4.69, 9.17) is 11.6 Å². The normalized spacial score (nSPS) is 14.7. The molecule has 0 saturated carbocycles. The van der Waals surface area contributed by atoms with Gasteiger partial charge in [-0.25, -0.2) is 4.68 Å². The summed E-state index contributed by atoms with van der Waals surface area (Å²) in [5.41, 5.74) is 5.50. The topological polar surface area (TPSA) is 59.0 Å². The Kier molecular flexibility index (Phi) is 5.71. The van der Waals surface area contributed by atoms with Crippen molar-refractivity contribution in [1.29, 1.82) is 0 Å². The van der Waals surface area contributed by atoms with E-state index in [1.54, 1.807) is 6.20 Å². The Morgan fingerprint density at radius 2 is 1.76 bits per heavy atom. The van der Waals surface area contributed by atoms with Gasteiger partial charge in [0.1, 0.15) is 11.4 Å². The molecule has 3 aromatic carbocycles. The van der Waals surface area contributed by atoms with Crippen molar-refractivity contribution in [2.24, 2.45) is 0 Å². The van der Waals surface area contributed by atoms with E-state index in [-0.39, 0.29) is 11.9 Å². The summed E-state index contributed by atoms with van der Waals surface area (Å²) in [6, 6.07) is 25.4. The van der Waals surface area contributed by atoms with E-state index in [0.717, 1.165) is 28.9 Å². The van der Waals surface area contributed by atoms with Crippen LogP contribution in [0, 0.1) is 0 Å². The Labute approximate surface area is 197 Å². The van der Waals surface area contributed by atoms with Crippen molar-refractivity contribution in [3.63, 3.8) is 0 Å². The second-order valence-electron chi connectivity index (χ2n) is 7.92. The molecule has 0 saturated heterocycles. The van der Waals surface area contributed by atoms with Gasteiger partial charge >= 0.3 is 0 Å². The Morgan fingerprint density at radius 1 is 1.03 bits per heavy atom. The van der Waals surface area contributed by atoms with Gasteiger partial charge in [0.05, 0.1) is 12.2 Å². The fraction of sp³-hybridized carbons (Fsp3) is 0.111. The minimum absolute atomic E-state index is 0.183. The second kappa shape index (κ2) is 8.96. The van der Waals surface area contributed by atoms with Crippen LogP contribution in [0.2, 0.25) is 5.02 Å². The second-order valence-corrected chi connectivity index (χ2v) is 8.36. The van der Waals surface area contributed by atoms with Gasteiger partial charge in [0.2, 0.25) is 0 Å². The molecule has 1 amide bonds. The summed E-state index contributed by atoms with van der Waals surface area (Å²) < 4.78 is 1.84. The number of rotatable bonds is 5. The molecule has 164 valence electrons. The standard InChI is InChI=1S/C27H23ClN4O/c1-2-18-8-10-19(11-9-18)24-16-25(20-12-14-21(28)15-13-20)32-26(31-24)23(17-29-32)27(33)30-22-6-4-3-5-7-22/h3-17,25,31H,2H2,1H3,(H,30,33). The van der Waals surface area contributed by atoms with Crippen molar-refractivity contribution < 1.29 is 4.79 Å². The molecule has 1 unspecified atom stereocenters. The lowest BCUT2D eigenvalue weighted by atomic mass is 10.00. The zero-order chi connectivity index (χ0) is 22.8. The molecule has 4 aromatic rings. The summed E-state index contributed by atoms with van der Waals surface area (Å²) in [7, 11) is 0. The molecule has 6 heteroatoms. The maximum absolute atomic E-state index is 13.1. The van der Waals surface area contributed by atoms with Crippen LogP contribution in [0.15, 0.2) is 91.1 Å². The number of aromatic nitrogens is 2. The van der Waals surface area contributed by atoms with Crippen LogP contribution in [0.25, 0.3) is 5.70 Å². The number of amides is 1. The molecule has 0 fully saturated rings. The van der Waals surface area contributed by atoms with Gasteiger partial charge in [-0.15, -0.1) is 0 Å². The maximum atomic E-state index is 13.1. The number of carbonyl (C=O) groups is 1. The molecule has 0 bridgehead atoms. The molecule has 33 heavy (non-hydrogen) atoms.